The van der Waals surface area contributed by atoms with E-state index in [9.17, 15) is 9.59 Å². The average molecular weight is 382 g/mol. The summed E-state index contributed by atoms with van der Waals surface area (Å²) in [4.78, 5) is 31.5. The standard InChI is InChI=1S/C21H26N4O3/c1-16-18(19(22-28-16)17-8-4-2-5-9-17)20(26)23-12-14-25(15-13-23)21(27)24-10-6-3-7-11-24/h2,4-5,8-9H,3,6-7,10-15H2,1H3. The number of urea groups is 1. The van der Waals surface area contributed by atoms with Crippen molar-refractivity contribution in [2.75, 3.05) is 39.3 Å². The van der Waals surface area contributed by atoms with Crippen LogP contribution in [0, 0.1) is 6.92 Å². The van der Waals surface area contributed by atoms with Crippen molar-refractivity contribution in [1.82, 2.24) is 19.9 Å². The van der Waals surface area contributed by atoms with Crippen LogP contribution in [0.2, 0.25) is 0 Å². The molecule has 148 valence electrons. The number of hydrogen-bond acceptors (Lipinski definition) is 4. The monoisotopic (exact) mass is 382 g/mol. The summed E-state index contributed by atoms with van der Waals surface area (Å²) in [7, 11) is 0. The Bertz CT molecular complexity index is 835. The second kappa shape index (κ2) is 8.04. The summed E-state index contributed by atoms with van der Waals surface area (Å²) in [5.41, 5.74) is 1.96. The smallest absolute Gasteiger partial charge is 0.320 e. The van der Waals surface area contributed by atoms with E-state index in [0.717, 1.165) is 31.5 Å². The molecule has 28 heavy (non-hydrogen) atoms. The molecule has 2 fully saturated rings. The number of carbonyl (C=O) groups is 2. The van der Waals surface area contributed by atoms with Crippen LogP contribution in [0.25, 0.3) is 11.3 Å². The van der Waals surface area contributed by atoms with E-state index in [1.807, 2.05) is 40.1 Å². The summed E-state index contributed by atoms with van der Waals surface area (Å²) in [5.74, 6) is 0.443. The molecule has 1 aromatic heterocycles. The van der Waals surface area contributed by atoms with Gasteiger partial charge in [-0.05, 0) is 26.2 Å². The second-order valence-corrected chi connectivity index (χ2v) is 7.44. The second-order valence-electron chi connectivity index (χ2n) is 7.44. The van der Waals surface area contributed by atoms with E-state index in [-0.39, 0.29) is 11.9 Å². The Hall–Kier alpha value is -2.83. The molecule has 7 heteroatoms. The highest BCUT2D eigenvalue weighted by Crippen LogP contribution is 2.26. The molecule has 0 saturated carbocycles. The minimum Gasteiger partial charge on any atom is -0.360 e. The third kappa shape index (κ3) is 3.61. The van der Waals surface area contributed by atoms with E-state index < -0.39 is 0 Å². The van der Waals surface area contributed by atoms with Gasteiger partial charge in [-0.3, -0.25) is 4.79 Å². The number of nitrogens with zero attached hydrogens (tertiary/aromatic N) is 4. The van der Waals surface area contributed by atoms with E-state index in [1.54, 1.807) is 11.8 Å². The Balaban J connectivity index is 1.44. The van der Waals surface area contributed by atoms with Crippen molar-refractivity contribution in [1.29, 1.82) is 0 Å². The molecule has 0 atom stereocenters. The molecular weight excluding hydrogens is 356 g/mol. The first-order valence-electron chi connectivity index (χ1n) is 10.00. The van der Waals surface area contributed by atoms with Crippen LogP contribution in [0.4, 0.5) is 4.79 Å². The lowest BCUT2D eigenvalue weighted by Crippen LogP contribution is -2.54. The van der Waals surface area contributed by atoms with Crippen LogP contribution in [0.5, 0.6) is 0 Å². The van der Waals surface area contributed by atoms with Gasteiger partial charge in [0.1, 0.15) is 17.0 Å². The highest BCUT2D eigenvalue weighted by atomic mass is 16.5. The van der Waals surface area contributed by atoms with Crippen LogP contribution < -0.4 is 0 Å². The number of aromatic nitrogens is 1. The van der Waals surface area contributed by atoms with Crippen LogP contribution >= 0.6 is 0 Å². The number of carbonyl (C=O) groups excluding carboxylic acids is 2. The Morgan fingerprint density at radius 2 is 1.46 bits per heavy atom. The molecule has 3 heterocycles. The van der Waals surface area contributed by atoms with Gasteiger partial charge in [0.15, 0.2) is 0 Å². The maximum absolute atomic E-state index is 13.2. The van der Waals surface area contributed by atoms with Gasteiger partial charge in [-0.15, -0.1) is 0 Å². The number of hydrogen-bond donors (Lipinski definition) is 0. The minimum atomic E-state index is -0.0809. The van der Waals surface area contributed by atoms with Gasteiger partial charge in [0.05, 0.1) is 0 Å². The summed E-state index contributed by atoms with van der Waals surface area (Å²) in [6, 6.07) is 9.71. The van der Waals surface area contributed by atoms with E-state index in [4.69, 9.17) is 4.52 Å². The number of benzene rings is 1. The van der Waals surface area contributed by atoms with Crippen LogP contribution in [0.3, 0.4) is 0 Å². The van der Waals surface area contributed by atoms with E-state index in [0.29, 0.717) is 43.2 Å². The van der Waals surface area contributed by atoms with Crippen LogP contribution in [0.15, 0.2) is 34.9 Å². The molecule has 0 unspecified atom stereocenters. The summed E-state index contributed by atoms with van der Waals surface area (Å²) < 4.78 is 5.33. The van der Waals surface area contributed by atoms with Gasteiger partial charge < -0.3 is 19.2 Å². The van der Waals surface area contributed by atoms with E-state index >= 15 is 0 Å². The number of amides is 3. The van der Waals surface area contributed by atoms with Crippen molar-refractivity contribution in [3.63, 3.8) is 0 Å². The summed E-state index contributed by atoms with van der Waals surface area (Å²) in [6.45, 7) is 5.63. The number of rotatable bonds is 2. The highest BCUT2D eigenvalue weighted by Gasteiger charge is 2.31. The predicted octanol–water partition coefficient (Wildman–Crippen LogP) is 3.01. The Kier molecular flexibility index (Phi) is 5.32. The molecule has 0 N–H and O–H groups in total. The quantitative estimate of drug-likeness (QED) is 0.801. The van der Waals surface area contributed by atoms with Crippen LogP contribution in [0.1, 0.15) is 35.4 Å². The third-order valence-corrected chi connectivity index (χ3v) is 5.59. The summed E-state index contributed by atoms with van der Waals surface area (Å²) in [6.07, 6.45) is 3.37. The van der Waals surface area contributed by atoms with Crippen molar-refractivity contribution in [3.8, 4) is 11.3 Å². The van der Waals surface area contributed by atoms with Crippen molar-refractivity contribution in [2.24, 2.45) is 0 Å². The zero-order chi connectivity index (χ0) is 19.5. The molecule has 1 aromatic carbocycles. The molecule has 2 saturated heterocycles. The van der Waals surface area contributed by atoms with Crippen molar-refractivity contribution >= 4 is 11.9 Å². The summed E-state index contributed by atoms with van der Waals surface area (Å²) in [5, 5.41) is 4.11. The van der Waals surface area contributed by atoms with Crippen molar-refractivity contribution in [2.45, 2.75) is 26.2 Å². The van der Waals surface area contributed by atoms with Crippen molar-refractivity contribution < 1.29 is 14.1 Å². The lowest BCUT2D eigenvalue weighted by Gasteiger charge is -2.38. The molecule has 0 radical (unpaired) electrons. The number of piperidine rings is 1. The predicted molar refractivity (Wildman–Crippen MR) is 105 cm³/mol. The molecule has 7 nitrogen and oxygen atoms in total. The first-order chi connectivity index (χ1) is 13.6. The number of piperazine rings is 1. The van der Waals surface area contributed by atoms with E-state index in [2.05, 4.69) is 5.16 Å². The van der Waals surface area contributed by atoms with Gasteiger partial charge >= 0.3 is 6.03 Å². The lowest BCUT2D eigenvalue weighted by atomic mass is 10.0. The number of likely N-dealkylation sites (tertiary alicyclic amines) is 1. The van der Waals surface area contributed by atoms with Gasteiger partial charge in [0, 0.05) is 44.8 Å². The normalized spacial score (nSPS) is 17.7. The Morgan fingerprint density at radius 1 is 0.857 bits per heavy atom. The SMILES string of the molecule is Cc1onc(-c2ccccc2)c1C(=O)N1CCN(C(=O)N2CCCCC2)CC1. The molecule has 2 aromatic rings. The first kappa shape index (κ1) is 18.5. The molecular formula is C21H26N4O3. The maximum atomic E-state index is 13.2. The molecule has 2 aliphatic heterocycles. The molecule has 0 aliphatic carbocycles. The molecule has 3 amide bonds. The Labute approximate surface area is 164 Å². The number of aryl methyl sites for hydroxylation is 1. The summed E-state index contributed by atoms with van der Waals surface area (Å²) >= 11 is 0. The van der Waals surface area contributed by atoms with Crippen LogP contribution in [-0.2, 0) is 0 Å². The maximum Gasteiger partial charge on any atom is 0.320 e. The third-order valence-electron chi connectivity index (χ3n) is 5.59. The zero-order valence-corrected chi connectivity index (χ0v) is 16.3. The highest BCUT2D eigenvalue weighted by molar-refractivity contribution is 6.00. The fraction of sp³-hybridized carbons (Fsp3) is 0.476. The zero-order valence-electron chi connectivity index (χ0n) is 16.3. The van der Waals surface area contributed by atoms with Gasteiger partial charge in [-0.1, -0.05) is 35.5 Å². The lowest BCUT2D eigenvalue weighted by molar-refractivity contribution is 0.0632. The fourth-order valence-electron chi connectivity index (χ4n) is 3.96. The largest absolute Gasteiger partial charge is 0.360 e. The topological polar surface area (TPSA) is 69.9 Å². The van der Waals surface area contributed by atoms with Crippen LogP contribution in [-0.4, -0.2) is 71.1 Å². The van der Waals surface area contributed by atoms with Gasteiger partial charge in [0.25, 0.3) is 5.91 Å². The van der Waals surface area contributed by atoms with Crippen molar-refractivity contribution in [3.05, 3.63) is 41.7 Å². The molecule has 2 aliphatic rings. The van der Waals surface area contributed by atoms with E-state index in [1.165, 1.54) is 6.42 Å². The van der Waals surface area contributed by atoms with Gasteiger partial charge in [-0.2, -0.15) is 0 Å². The Morgan fingerprint density at radius 3 is 2.14 bits per heavy atom. The van der Waals surface area contributed by atoms with Gasteiger partial charge in [0.2, 0.25) is 0 Å². The first-order valence-corrected chi connectivity index (χ1v) is 10.00. The molecule has 0 bridgehead atoms. The molecule has 0 spiro atoms. The fourth-order valence-corrected chi connectivity index (χ4v) is 3.96. The average Bonchev–Trinajstić information content (AvgIpc) is 3.15. The minimum absolute atomic E-state index is 0.0809. The molecule has 4 rings (SSSR count). The van der Waals surface area contributed by atoms with Gasteiger partial charge in [-0.25, -0.2) is 4.79 Å².